The van der Waals surface area contributed by atoms with Crippen LogP contribution in [0, 0.1) is 0 Å². The third-order valence-electron chi connectivity index (χ3n) is 3.02. The molecule has 1 rings (SSSR count). The molecule has 0 bridgehead atoms. The molecule has 1 aliphatic rings. The molecular formula is C12H17NO7. The van der Waals surface area contributed by atoms with Crippen molar-refractivity contribution >= 4 is 17.8 Å². The highest BCUT2D eigenvalue weighted by atomic mass is 16.6. The number of aliphatic hydroxyl groups is 2. The van der Waals surface area contributed by atoms with Crippen molar-refractivity contribution < 1.29 is 34.1 Å². The van der Waals surface area contributed by atoms with Gasteiger partial charge in [-0.1, -0.05) is 13.3 Å². The Balaban J connectivity index is 3.35. The number of nitrogens with zero attached hydrogens (tertiary/aromatic N) is 1. The highest BCUT2D eigenvalue weighted by Gasteiger charge is 2.60. The van der Waals surface area contributed by atoms with E-state index in [2.05, 4.69) is 9.47 Å². The first kappa shape index (κ1) is 16.0. The lowest BCUT2D eigenvalue weighted by Crippen LogP contribution is -2.56. The van der Waals surface area contributed by atoms with Crippen LogP contribution in [0.2, 0.25) is 0 Å². The van der Waals surface area contributed by atoms with E-state index >= 15 is 0 Å². The van der Waals surface area contributed by atoms with Crippen molar-refractivity contribution in [1.82, 2.24) is 4.90 Å². The number of methoxy groups -OCH3 is 2. The predicted molar refractivity (Wildman–Crippen MR) is 65.3 cm³/mol. The summed E-state index contributed by atoms with van der Waals surface area (Å²) >= 11 is 0. The van der Waals surface area contributed by atoms with Gasteiger partial charge in [0.25, 0.3) is 11.6 Å². The zero-order valence-corrected chi connectivity index (χ0v) is 11.5. The van der Waals surface area contributed by atoms with Crippen LogP contribution in [0.15, 0.2) is 11.3 Å². The van der Waals surface area contributed by atoms with Gasteiger partial charge in [0.1, 0.15) is 5.57 Å². The van der Waals surface area contributed by atoms with E-state index in [-0.39, 0.29) is 6.54 Å². The Hall–Kier alpha value is -2.09. The maximum atomic E-state index is 11.9. The van der Waals surface area contributed by atoms with Gasteiger partial charge >= 0.3 is 11.9 Å². The summed E-state index contributed by atoms with van der Waals surface area (Å²) in [4.78, 5) is 36.1. The van der Waals surface area contributed by atoms with Crippen molar-refractivity contribution in [3.05, 3.63) is 11.3 Å². The number of hydrogen-bond donors (Lipinski definition) is 2. The van der Waals surface area contributed by atoms with Gasteiger partial charge in [-0.05, 0) is 6.42 Å². The quantitative estimate of drug-likeness (QED) is 0.654. The number of rotatable bonds is 5. The van der Waals surface area contributed by atoms with Gasteiger partial charge in [0.2, 0.25) is 0 Å². The molecular weight excluding hydrogens is 270 g/mol. The molecule has 0 aromatic heterocycles. The van der Waals surface area contributed by atoms with Crippen LogP contribution in [0.1, 0.15) is 19.8 Å². The maximum Gasteiger partial charge on any atom is 0.365 e. The molecule has 1 amide bonds. The summed E-state index contributed by atoms with van der Waals surface area (Å²) in [7, 11) is 1.99. The summed E-state index contributed by atoms with van der Waals surface area (Å²) < 4.78 is 8.83. The molecule has 1 aliphatic heterocycles. The topological polar surface area (TPSA) is 113 Å². The number of hydrogen-bond acceptors (Lipinski definition) is 7. The van der Waals surface area contributed by atoms with E-state index in [9.17, 15) is 24.6 Å². The molecule has 1 heterocycles. The van der Waals surface area contributed by atoms with Gasteiger partial charge < -0.3 is 19.7 Å². The molecule has 8 nitrogen and oxygen atoms in total. The molecule has 0 saturated carbocycles. The van der Waals surface area contributed by atoms with E-state index in [1.165, 1.54) is 0 Å². The number of aliphatic hydroxyl groups excluding tert-OH is 1. The first-order valence-corrected chi connectivity index (χ1v) is 6.00. The lowest BCUT2D eigenvalue weighted by molar-refractivity contribution is -0.181. The molecule has 0 spiro atoms. The monoisotopic (exact) mass is 287 g/mol. The number of unbranched alkanes of at least 4 members (excludes halogenated alkanes) is 1. The Morgan fingerprint density at radius 3 is 2.35 bits per heavy atom. The van der Waals surface area contributed by atoms with Crippen LogP contribution in [0.4, 0.5) is 0 Å². The second-order valence-electron chi connectivity index (χ2n) is 4.19. The highest BCUT2D eigenvalue weighted by Crippen LogP contribution is 2.35. The van der Waals surface area contributed by atoms with E-state index in [1.807, 2.05) is 6.92 Å². The minimum atomic E-state index is -2.67. The summed E-state index contributed by atoms with van der Waals surface area (Å²) in [6.45, 7) is 1.82. The summed E-state index contributed by atoms with van der Waals surface area (Å²) in [5, 5.41) is 20.2. The van der Waals surface area contributed by atoms with Gasteiger partial charge in [0.05, 0.1) is 14.2 Å². The molecule has 0 aliphatic carbocycles. The molecule has 0 aromatic carbocycles. The van der Waals surface area contributed by atoms with Crippen molar-refractivity contribution in [2.75, 3.05) is 20.8 Å². The third-order valence-corrected chi connectivity index (χ3v) is 3.02. The number of esters is 2. The fraction of sp³-hybridized carbons (Fsp3) is 0.583. The summed E-state index contributed by atoms with van der Waals surface area (Å²) in [6, 6.07) is 0. The lowest BCUT2D eigenvalue weighted by Gasteiger charge is -2.31. The van der Waals surface area contributed by atoms with Gasteiger partial charge in [-0.25, -0.2) is 9.59 Å². The largest absolute Gasteiger partial charge is 0.503 e. The predicted octanol–water partition coefficient (Wildman–Crippen LogP) is -0.525. The Bertz CT molecular complexity index is 470. The van der Waals surface area contributed by atoms with Crippen LogP contribution < -0.4 is 0 Å². The molecule has 0 saturated heterocycles. The Morgan fingerprint density at radius 1 is 1.30 bits per heavy atom. The van der Waals surface area contributed by atoms with Crippen LogP contribution in [-0.4, -0.2) is 59.4 Å². The van der Waals surface area contributed by atoms with Crippen LogP contribution >= 0.6 is 0 Å². The van der Waals surface area contributed by atoms with E-state index in [0.717, 1.165) is 14.2 Å². The van der Waals surface area contributed by atoms with Gasteiger partial charge in [0.15, 0.2) is 5.76 Å². The Kier molecular flexibility index (Phi) is 4.72. The fourth-order valence-corrected chi connectivity index (χ4v) is 1.96. The molecule has 20 heavy (non-hydrogen) atoms. The van der Waals surface area contributed by atoms with Crippen LogP contribution in [0.5, 0.6) is 0 Å². The van der Waals surface area contributed by atoms with Crippen molar-refractivity contribution in [3.63, 3.8) is 0 Å². The highest BCUT2D eigenvalue weighted by molar-refractivity contribution is 6.12. The summed E-state index contributed by atoms with van der Waals surface area (Å²) in [5.74, 6) is -4.46. The van der Waals surface area contributed by atoms with Gasteiger partial charge in [0, 0.05) is 6.54 Å². The van der Waals surface area contributed by atoms with Crippen molar-refractivity contribution in [1.29, 1.82) is 0 Å². The van der Waals surface area contributed by atoms with Gasteiger partial charge in [-0.15, -0.1) is 0 Å². The number of carbonyl (C=O) groups is 3. The van der Waals surface area contributed by atoms with Crippen LogP contribution in [-0.2, 0) is 23.9 Å². The Labute approximate surface area is 115 Å². The second-order valence-corrected chi connectivity index (χ2v) is 4.19. The standard InChI is InChI=1S/C12H17NO7/c1-4-5-6-13-9(15)8(14)7(10(16)19-2)12(13,18)11(17)20-3/h14,18H,4-6H2,1-3H3. The lowest BCUT2D eigenvalue weighted by atomic mass is 10.0. The zero-order valence-electron chi connectivity index (χ0n) is 11.5. The van der Waals surface area contributed by atoms with E-state index in [1.54, 1.807) is 0 Å². The minimum Gasteiger partial charge on any atom is -0.503 e. The van der Waals surface area contributed by atoms with Crippen LogP contribution in [0.3, 0.4) is 0 Å². The zero-order chi connectivity index (χ0) is 15.5. The first-order valence-electron chi connectivity index (χ1n) is 6.00. The van der Waals surface area contributed by atoms with Crippen molar-refractivity contribution in [2.24, 2.45) is 0 Å². The normalized spacial score (nSPS) is 22.2. The fourth-order valence-electron chi connectivity index (χ4n) is 1.96. The molecule has 1 unspecified atom stereocenters. The molecule has 2 N–H and O–H groups in total. The average Bonchev–Trinajstić information content (AvgIpc) is 2.64. The number of carbonyl (C=O) groups excluding carboxylic acids is 3. The summed E-state index contributed by atoms with van der Waals surface area (Å²) in [6.07, 6.45) is 1.14. The maximum absolute atomic E-state index is 11.9. The average molecular weight is 287 g/mol. The van der Waals surface area contributed by atoms with Crippen molar-refractivity contribution in [3.8, 4) is 0 Å². The van der Waals surface area contributed by atoms with E-state index in [0.29, 0.717) is 17.7 Å². The second kappa shape index (κ2) is 5.91. The molecule has 0 radical (unpaired) electrons. The van der Waals surface area contributed by atoms with E-state index in [4.69, 9.17) is 0 Å². The molecule has 0 fully saturated rings. The first-order chi connectivity index (χ1) is 9.35. The van der Waals surface area contributed by atoms with Crippen molar-refractivity contribution in [2.45, 2.75) is 25.5 Å². The van der Waals surface area contributed by atoms with E-state index < -0.39 is 34.9 Å². The number of ether oxygens (including phenoxy) is 2. The molecule has 112 valence electrons. The smallest absolute Gasteiger partial charge is 0.365 e. The van der Waals surface area contributed by atoms with Crippen LogP contribution in [0.25, 0.3) is 0 Å². The Morgan fingerprint density at radius 2 is 1.90 bits per heavy atom. The summed E-state index contributed by atoms with van der Waals surface area (Å²) in [5.41, 5.74) is -3.49. The minimum absolute atomic E-state index is 0.0223. The number of amides is 1. The SMILES string of the molecule is CCCCN1C(=O)C(O)=C(C(=O)OC)C1(O)C(=O)OC. The third kappa shape index (κ3) is 2.22. The van der Waals surface area contributed by atoms with Gasteiger partial charge in [-0.3, -0.25) is 9.69 Å². The molecule has 1 atom stereocenters. The molecule has 0 aromatic rings. The van der Waals surface area contributed by atoms with Gasteiger partial charge in [-0.2, -0.15) is 0 Å². The molecule has 8 heteroatoms.